The molecule has 100 valence electrons. The normalized spacial score (nSPS) is 14.2. The summed E-state index contributed by atoms with van der Waals surface area (Å²) in [6.07, 6.45) is 22.8. The van der Waals surface area contributed by atoms with Crippen LogP contribution >= 0.6 is 0 Å². The van der Waals surface area contributed by atoms with Gasteiger partial charge in [0, 0.05) is 12.3 Å². The van der Waals surface area contributed by atoms with Gasteiger partial charge in [-0.1, -0.05) is 19.3 Å². The van der Waals surface area contributed by atoms with Crippen LogP contribution in [0.4, 0.5) is 0 Å². The molecule has 1 unspecified atom stereocenters. The SMILES string of the molecule is C#CC[C@H](C)CCC[C@@H](C#C)CCCC(C#C)C#N. The number of terminal acetylenes is 3. The molecule has 0 rings (SSSR count). The molecule has 0 aliphatic rings. The van der Waals surface area contributed by atoms with E-state index in [1.807, 2.05) is 0 Å². The van der Waals surface area contributed by atoms with Crippen molar-refractivity contribution in [3.05, 3.63) is 0 Å². The zero-order valence-corrected chi connectivity index (χ0v) is 11.9. The zero-order valence-electron chi connectivity index (χ0n) is 11.9. The Balaban J connectivity index is 3.80. The van der Waals surface area contributed by atoms with Crippen molar-refractivity contribution in [1.29, 1.82) is 5.26 Å². The van der Waals surface area contributed by atoms with Crippen molar-refractivity contribution in [2.75, 3.05) is 0 Å². The van der Waals surface area contributed by atoms with Crippen LogP contribution in [0.3, 0.4) is 0 Å². The maximum absolute atomic E-state index is 8.75. The van der Waals surface area contributed by atoms with E-state index in [1.165, 1.54) is 0 Å². The largest absolute Gasteiger partial charge is 0.197 e. The first-order valence-electron chi connectivity index (χ1n) is 6.93. The van der Waals surface area contributed by atoms with Gasteiger partial charge in [0.25, 0.3) is 0 Å². The van der Waals surface area contributed by atoms with Crippen molar-refractivity contribution < 1.29 is 0 Å². The second-order valence-electron chi connectivity index (χ2n) is 5.09. The molecule has 0 N–H and O–H groups in total. The first-order valence-corrected chi connectivity index (χ1v) is 6.93. The van der Waals surface area contributed by atoms with Crippen molar-refractivity contribution in [2.45, 2.75) is 51.9 Å². The van der Waals surface area contributed by atoms with E-state index < -0.39 is 0 Å². The molecule has 3 atom stereocenters. The Morgan fingerprint density at radius 3 is 2.05 bits per heavy atom. The van der Waals surface area contributed by atoms with Crippen LogP contribution in [0.2, 0.25) is 0 Å². The monoisotopic (exact) mass is 253 g/mol. The number of nitriles is 1. The van der Waals surface area contributed by atoms with Gasteiger partial charge in [-0.2, -0.15) is 5.26 Å². The minimum Gasteiger partial charge on any atom is -0.197 e. The van der Waals surface area contributed by atoms with Gasteiger partial charge in [-0.15, -0.1) is 31.1 Å². The summed E-state index contributed by atoms with van der Waals surface area (Å²) in [4.78, 5) is 0. The van der Waals surface area contributed by atoms with Gasteiger partial charge in [-0.25, -0.2) is 0 Å². The van der Waals surface area contributed by atoms with Crippen LogP contribution in [-0.4, -0.2) is 0 Å². The molecule has 0 saturated heterocycles. The predicted molar refractivity (Wildman–Crippen MR) is 80.6 cm³/mol. The summed E-state index contributed by atoms with van der Waals surface area (Å²) in [5.41, 5.74) is 0. The predicted octanol–water partition coefficient (Wildman–Crippen LogP) is 4.01. The Hall–Kier alpha value is -1.83. The van der Waals surface area contributed by atoms with Gasteiger partial charge in [0.15, 0.2) is 0 Å². The maximum Gasteiger partial charge on any atom is 0.107 e. The van der Waals surface area contributed by atoms with Gasteiger partial charge >= 0.3 is 0 Å². The fourth-order valence-electron chi connectivity index (χ4n) is 2.08. The summed E-state index contributed by atoms with van der Waals surface area (Å²) in [5.74, 6) is 8.62. The van der Waals surface area contributed by atoms with E-state index in [2.05, 4.69) is 30.8 Å². The molecule has 0 heterocycles. The first-order chi connectivity index (χ1) is 9.17. The first kappa shape index (κ1) is 17.2. The molecule has 0 aliphatic heterocycles. The van der Waals surface area contributed by atoms with Crippen LogP contribution in [-0.2, 0) is 0 Å². The molecule has 0 aliphatic carbocycles. The Morgan fingerprint density at radius 2 is 1.58 bits per heavy atom. The lowest BCUT2D eigenvalue weighted by molar-refractivity contribution is 0.447. The number of hydrogen-bond donors (Lipinski definition) is 0. The summed E-state index contributed by atoms with van der Waals surface area (Å²) in [6.45, 7) is 2.18. The van der Waals surface area contributed by atoms with Gasteiger partial charge in [0.2, 0.25) is 0 Å². The highest BCUT2D eigenvalue weighted by molar-refractivity contribution is 5.05. The highest BCUT2D eigenvalue weighted by atomic mass is 14.3. The van der Waals surface area contributed by atoms with E-state index in [4.69, 9.17) is 24.5 Å². The van der Waals surface area contributed by atoms with Gasteiger partial charge in [0.05, 0.1) is 6.07 Å². The lowest BCUT2D eigenvalue weighted by atomic mass is 9.92. The topological polar surface area (TPSA) is 23.8 Å². The van der Waals surface area contributed by atoms with Crippen molar-refractivity contribution in [1.82, 2.24) is 0 Å². The molecule has 0 amide bonds. The van der Waals surface area contributed by atoms with E-state index in [1.54, 1.807) is 0 Å². The lowest BCUT2D eigenvalue weighted by Gasteiger charge is -2.12. The second kappa shape index (κ2) is 11.3. The molecule has 19 heavy (non-hydrogen) atoms. The Bertz CT molecular complexity index is 379. The van der Waals surface area contributed by atoms with Crippen LogP contribution in [0.5, 0.6) is 0 Å². The maximum atomic E-state index is 8.75. The van der Waals surface area contributed by atoms with E-state index in [0.717, 1.165) is 44.9 Å². The molecule has 0 radical (unpaired) electrons. The summed E-state index contributed by atoms with van der Waals surface area (Å²) in [7, 11) is 0. The molecule has 1 heteroatoms. The van der Waals surface area contributed by atoms with Crippen molar-refractivity contribution in [2.24, 2.45) is 17.8 Å². The standard InChI is InChI=1S/C18H23N/c1-5-10-16(4)11-8-12-17(6-2)13-9-14-18(7-3)15-19/h1-3,16-18H,8-14H2,4H3/t16-,17+,18?/m0/s1. The Kier molecular flexibility index (Phi) is 10.2. The smallest absolute Gasteiger partial charge is 0.107 e. The molecular weight excluding hydrogens is 230 g/mol. The average Bonchev–Trinajstić information content (AvgIpc) is 2.42. The molecule has 1 nitrogen and oxygen atoms in total. The molecule has 0 aromatic heterocycles. The highest BCUT2D eigenvalue weighted by Crippen LogP contribution is 2.20. The van der Waals surface area contributed by atoms with E-state index >= 15 is 0 Å². The molecule has 0 bridgehead atoms. The lowest BCUT2D eigenvalue weighted by Crippen LogP contribution is -2.01. The second-order valence-corrected chi connectivity index (χ2v) is 5.09. The van der Waals surface area contributed by atoms with E-state index in [9.17, 15) is 0 Å². The molecule has 0 spiro atoms. The van der Waals surface area contributed by atoms with E-state index in [-0.39, 0.29) is 5.92 Å². The summed E-state index contributed by atoms with van der Waals surface area (Å²) in [6, 6.07) is 2.11. The third-order valence-corrected chi connectivity index (χ3v) is 3.35. The van der Waals surface area contributed by atoms with Crippen molar-refractivity contribution in [3.8, 4) is 43.1 Å². The molecule has 0 aromatic carbocycles. The Morgan fingerprint density at radius 1 is 0.947 bits per heavy atom. The highest BCUT2D eigenvalue weighted by Gasteiger charge is 2.09. The number of hydrogen-bond acceptors (Lipinski definition) is 1. The van der Waals surface area contributed by atoms with Crippen molar-refractivity contribution >= 4 is 0 Å². The fraction of sp³-hybridized carbons (Fsp3) is 0.611. The fourth-order valence-corrected chi connectivity index (χ4v) is 2.08. The number of nitrogens with zero attached hydrogens (tertiary/aromatic N) is 1. The summed E-state index contributed by atoms with van der Waals surface area (Å²) in [5, 5.41) is 8.75. The minimum atomic E-state index is -0.269. The molecule has 0 fully saturated rings. The van der Waals surface area contributed by atoms with Crippen LogP contribution in [0, 0.1) is 66.1 Å². The zero-order chi connectivity index (χ0) is 14.5. The van der Waals surface area contributed by atoms with Crippen LogP contribution in [0.15, 0.2) is 0 Å². The quantitative estimate of drug-likeness (QED) is 0.570. The van der Waals surface area contributed by atoms with Gasteiger partial charge in [0.1, 0.15) is 5.92 Å². The van der Waals surface area contributed by atoms with Crippen LogP contribution in [0.1, 0.15) is 51.9 Å². The van der Waals surface area contributed by atoms with Crippen molar-refractivity contribution in [3.63, 3.8) is 0 Å². The molecule has 0 aromatic rings. The summed E-state index contributed by atoms with van der Waals surface area (Å²) >= 11 is 0. The molecule has 0 saturated carbocycles. The average molecular weight is 253 g/mol. The van der Waals surface area contributed by atoms with Gasteiger partial charge < -0.3 is 0 Å². The summed E-state index contributed by atoms with van der Waals surface area (Å²) < 4.78 is 0. The minimum absolute atomic E-state index is 0.269. The van der Waals surface area contributed by atoms with Crippen LogP contribution in [0.25, 0.3) is 0 Å². The third-order valence-electron chi connectivity index (χ3n) is 3.35. The number of rotatable bonds is 9. The third kappa shape index (κ3) is 8.83. The molecular formula is C18H23N. The Labute approximate surface area is 118 Å². The van der Waals surface area contributed by atoms with Gasteiger partial charge in [-0.05, 0) is 38.0 Å². The van der Waals surface area contributed by atoms with Gasteiger partial charge in [-0.3, -0.25) is 0 Å². The van der Waals surface area contributed by atoms with E-state index in [0.29, 0.717) is 11.8 Å². The van der Waals surface area contributed by atoms with Crippen LogP contribution < -0.4 is 0 Å².